The molecule has 2 amide bonds. The number of anilines is 1. The Labute approximate surface area is 231 Å². The molecule has 1 atom stereocenters. The van der Waals surface area contributed by atoms with E-state index in [0.29, 0.717) is 47.6 Å². The summed E-state index contributed by atoms with van der Waals surface area (Å²) in [5.41, 5.74) is 5.42. The third-order valence-electron chi connectivity index (χ3n) is 7.58. The Morgan fingerprint density at radius 2 is 2.00 bits per heavy atom. The molecule has 1 aromatic heterocycles. The molecule has 10 heteroatoms. The number of fused-ring (bicyclic) bond motifs is 2. The van der Waals surface area contributed by atoms with Crippen LogP contribution in [0.25, 0.3) is 11.3 Å². The lowest BCUT2D eigenvalue weighted by Crippen LogP contribution is -2.38. The predicted molar refractivity (Wildman–Crippen MR) is 145 cm³/mol. The molecule has 3 aliphatic rings. The second kappa shape index (κ2) is 10.6. The Balaban J connectivity index is 1.13. The highest BCUT2D eigenvalue weighted by Gasteiger charge is 2.31. The predicted octanol–water partition coefficient (Wildman–Crippen LogP) is 4.02. The molecule has 39 heavy (non-hydrogen) atoms. The SMILES string of the molecule is N#Cc1ccc2c(c1)CCC2NC(=O)CN1Cc2ccc(-c3nc(NC4CCOCC4)ncc3Cl)cc2C1=O. The van der Waals surface area contributed by atoms with Crippen molar-refractivity contribution in [1.29, 1.82) is 5.26 Å². The minimum absolute atomic E-state index is 0.0294. The highest BCUT2D eigenvalue weighted by atomic mass is 35.5. The van der Waals surface area contributed by atoms with Gasteiger partial charge in [0.05, 0.1) is 34.6 Å². The molecule has 3 heterocycles. The van der Waals surface area contributed by atoms with Gasteiger partial charge < -0.3 is 20.3 Å². The monoisotopic (exact) mass is 542 g/mol. The lowest BCUT2D eigenvalue weighted by atomic mass is 10.0. The zero-order chi connectivity index (χ0) is 26.9. The van der Waals surface area contributed by atoms with E-state index in [9.17, 15) is 9.59 Å². The van der Waals surface area contributed by atoms with E-state index < -0.39 is 0 Å². The fourth-order valence-corrected chi connectivity index (χ4v) is 5.75. The van der Waals surface area contributed by atoms with Crippen LogP contribution in [0.2, 0.25) is 5.02 Å². The van der Waals surface area contributed by atoms with E-state index >= 15 is 0 Å². The number of nitriles is 1. The Morgan fingerprint density at radius 3 is 2.82 bits per heavy atom. The maximum Gasteiger partial charge on any atom is 0.254 e. The average Bonchev–Trinajstić information content (AvgIpc) is 3.49. The number of hydrogen-bond acceptors (Lipinski definition) is 7. The van der Waals surface area contributed by atoms with Gasteiger partial charge in [0, 0.05) is 36.9 Å². The summed E-state index contributed by atoms with van der Waals surface area (Å²) in [6.07, 6.45) is 4.92. The van der Waals surface area contributed by atoms with Gasteiger partial charge in [-0.2, -0.15) is 5.26 Å². The second-order valence-electron chi connectivity index (χ2n) is 10.1. The minimum atomic E-state index is -0.207. The Bertz CT molecular complexity index is 1500. The van der Waals surface area contributed by atoms with Crippen LogP contribution in [-0.2, 0) is 22.5 Å². The zero-order valence-electron chi connectivity index (χ0n) is 21.2. The van der Waals surface area contributed by atoms with Crippen LogP contribution >= 0.6 is 11.6 Å². The summed E-state index contributed by atoms with van der Waals surface area (Å²) in [6.45, 7) is 1.74. The molecule has 0 saturated carbocycles. The number of benzene rings is 2. The largest absolute Gasteiger partial charge is 0.381 e. The van der Waals surface area contributed by atoms with Crippen molar-refractivity contribution in [3.05, 3.63) is 75.4 Å². The summed E-state index contributed by atoms with van der Waals surface area (Å²) in [6, 6.07) is 13.4. The van der Waals surface area contributed by atoms with Crippen LogP contribution in [0, 0.1) is 11.3 Å². The molecule has 3 aromatic rings. The van der Waals surface area contributed by atoms with Gasteiger partial charge in [-0.25, -0.2) is 9.97 Å². The third kappa shape index (κ3) is 5.18. The number of hydrogen-bond donors (Lipinski definition) is 2. The molecular weight excluding hydrogens is 516 g/mol. The highest BCUT2D eigenvalue weighted by molar-refractivity contribution is 6.33. The summed E-state index contributed by atoms with van der Waals surface area (Å²) in [7, 11) is 0. The van der Waals surface area contributed by atoms with Crippen LogP contribution in [0.3, 0.4) is 0 Å². The van der Waals surface area contributed by atoms with Crippen molar-refractivity contribution in [2.75, 3.05) is 25.1 Å². The lowest BCUT2D eigenvalue weighted by Gasteiger charge is -2.23. The lowest BCUT2D eigenvalue weighted by molar-refractivity contribution is -0.122. The van der Waals surface area contributed by atoms with Crippen molar-refractivity contribution in [3.63, 3.8) is 0 Å². The van der Waals surface area contributed by atoms with Crippen molar-refractivity contribution in [2.45, 2.75) is 44.3 Å². The van der Waals surface area contributed by atoms with Crippen LogP contribution < -0.4 is 10.6 Å². The number of halogens is 1. The molecule has 198 valence electrons. The number of aromatic nitrogens is 2. The van der Waals surface area contributed by atoms with Crippen LogP contribution in [0.15, 0.2) is 42.6 Å². The van der Waals surface area contributed by atoms with Gasteiger partial charge in [-0.1, -0.05) is 29.8 Å². The standard InChI is InChI=1S/C29H27ClN6O3/c30-24-14-32-29(33-21-7-9-39-10-8-21)35-27(24)19-2-3-20-15-36(28(38)23(20)12-19)16-26(37)34-25-6-4-18-11-17(13-31)1-5-22(18)25/h1-3,5,11-12,14,21,25H,4,6-10,15-16H2,(H,34,37)(H,32,33,35). The Kier molecular flexibility index (Phi) is 6.90. The summed E-state index contributed by atoms with van der Waals surface area (Å²) >= 11 is 6.46. The first kappa shape index (κ1) is 25.3. The van der Waals surface area contributed by atoms with Crippen LogP contribution in [-0.4, -0.2) is 52.5 Å². The van der Waals surface area contributed by atoms with Gasteiger partial charge in [0.25, 0.3) is 5.91 Å². The number of nitrogens with zero attached hydrogens (tertiary/aromatic N) is 4. The van der Waals surface area contributed by atoms with E-state index in [-0.39, 0.29) is 30.4 Å². The molecule has 1 fully saturated rings. The van der Waals surface area contributed by atoms with Gasteiger partial charge in [0.15, 0.2) is 0 Å². The number of aryl methyl sites for hydroxylation is 1. The van der Waals surface area contributed by atoms with Gasteiger partial charge in [-0.05, 0) is 60.6 Å². The number of ether oxygens (including phenoxy) is 1. The molecule has 2 aromatic carbocycles. The molecule has 0 radical (unpaired) electrons. The van der Waals surface area contributed by atoms with Crippen molar-refractivity contribution in [2.24, 2.45) is 0 Å². The first-order valence-corrected chi connectivity index (χ1v) is 13.5. The number of amides is 2. The number of carbonyl (C=O) groups excluding carboxylic acids is 2. The van der Waals surface area contributed by atoms with E-state index in [0.717, 1.165) is 47.9 Å². The van der Waals surface area contributed by atoms with Gasteiger partial charge in [-0.15, -0.1) is 0 Å². The van der Waals surface area contributed by atoms with Crippen LogP contribution in [0.1, 0.15) is 57.9 Å². The number of carbonyl (C=O) groups is 2. The Hall–Kier alpha value is -4.00. The molecule has 2 aliphatic heterocycles. The first-order chi connectivity index (χ1) is 19.0. The summed E-state index contributed by atoms with van der Waals surface area (Å²) in [4.78, 5) is 36.7. The topological polar surface area (TPSA) is 120 Å². The smallest absolute Gasteiger partial charge is 0.254 e. The van der Waals surface area contributed by atoms with Crippen LogP contribution in [0.5, 0.6) is 0 Å². The van der Waals surface area contributed by atoms with E-state index in [1.807, 2.05) is 24.3 Å². The van der Waals surface area contributed by atoms with Gasteiger partial charge in [-0.3, -0.25) is 9.59 Å². The molecule has 6 rings (SSSR count). The molecule has 0 spiro atoms. The summed E-state index contributed by atoms with van der Waals surface area (Å²) < 4.78 is 5.42. The Morgan fingerprint density at radius 1 is 1.15 bits per heavy atom. The molecular formula is C29H27ClN6O3. The molecule has 1 unspecified atom stereocenters. The van der Waals surface area contributed by atoms with Gasteiger partial charge in [0.2, 0.25) is 11.9 Å². The summed E-state index contributed by atoms with van der Waals surface area (Å²) in [5, 5.41) is 15.9. The van der Waals surface area contributed by atoms with Gasteiger partial charge >= 0.3 is 0 Å². The normalized spacial score (nSPS) is 18.4. The molecule has 2 N–H and O–H groups in total. The molecule has 1 saturated heterocycles. The quantitative estimate of drug-likeness (QED) is 0.482. The number of nitrogens with one attached hydrogen (secondary N) is 2. The van der Waals surface area contributed by atoms with Gasteiger partial charge in [0.1, 0.15) is 6.54 Å². The first-order valence-electron chi connectivity index (χ1n) is 13.1. The summed E-state index contributed by atoms with van der Waals surface area (Å²) in [5.74, 6) is 0.0863. The maximum atomic E-state index is 13.3. The third-order valence-corrected chi connectivity index (χ3v) is 7.86. The van der Waals surface area contributed by atoms with Crippen molar-refractivity contribution in [3.8, 4) is 17.3 Å². The highest BCUT2D eigenvalue weighted by Crippen LogP contribution is 2.33. The van der Waals surface area contributed by atoms with Crippen molar-refractivity contribution in [1.82, 2.24) is 20.2 Å². The average molecular weight is 543 g/mol. The molecule has 1 aliphatic carbocycles. The van der Waals surface area contributed by atoms with Crippen molar-refractivity contribution < 1.29 is 14.3 Å². The minimum Gasteiger partial charge on any atom is -0.381 e. The van der Waals surface area contributed by atoms with Crippen LogP contribution in [0.4, 0.5) is 5.95 Å². The second-order valence-corrected chi connectivity index (χ2v) is 10.5. The van der Waals surface area contributed by atoms with E-state index in [2.05, 4.69) is 26.7 Å². The number of rotatable bonds is 6. The fourth-order valence-electron chi connectivity index (χ4n) is 5.55. The fraction of sp³-hybridized carbons (Fsp3) is 0.345. The molecule has 0 bridgehead atoms. The van der Waals surface area contributed by atoms with Crippen molar-refractivity contribution >= 4 is 29.4 Å². The zero-order valence-corrected chi connectivity index (χ0v) is 22.0. The van der Waals surface area contributed by atoms with E-state index in [1.54, 1.807) is 23.2 Å². The van der Waals surface area contributed by atoms with E-state index in [1.165, 1.54) is 0 Å². The molecule has 9 nitrogen and oxygen atoms in total. The maximum absolute atomic E-state index is 13.3. The van der Waals surface area contributed by atoms with E-state index in [4.69, 9.17) is 21.6 Å².